The number of aromatic nitrogens is 4. The van der Waals surface area contributed by atoms with Gasteiger partial charge in [0.15, 0.2) is 5.13 Å². The van der Waals surface area contributed by atoms with Crippen molar-refractivity contribution in [2.24, 2.45) is 5.92 Å². The number of carbonyl (C=O) groups excluding carboxylic acids is 1. The highest BCUT2D eigenvalue weighted by Gasteiger charge is 2.23. The lowest BCUT2D eigenvalue weighted by molar-refractivity contribution is -0.119. The average molecular weight is 411 g/mol. The number of carbonyl (C=O) groups is 1. The third kappa shape index (κ3) is 4.71. The Morgan fingerprint density at radius 1 is 1.24 bits per heavy atom. The third-order valence-corrected chi connectivity index (χ3v) is 6.14. The number of fused-ring (bicyclic) bond motifs is 1. The van der Waals surface area contributed by atoms with Crippen molar-refractivity contribution in [3.8, 4) is 0 Å². The minimum atomic E-state index is -0.217. The van der Waals surface area contributed by atoms with Crippen LogP contribution in [0.4, 0.5) is 5.13 Å². The molecule has 7 nitrogen and oxygen atoms in total. The molecule has 3 heterocycles. The molecule has 0 bridgehead atoms. The predicted molar refractivity (Wildman–Crippen MR) is 114 cm³/mol. The summed E-state index contributed by atoms with van der Waals surface area (Å²) in [6, 6.07) is 10.5. The van der Waals surface area contributed by atoms with Gasteiger partial charge in [0.05, 0.1) is 18.2 Å². The van der Waals surface area contributed by atoms with E-state index in [1.165, 1.54) is 10.4 Å². The number of benzene rings is 1. The Hall–Kier alpha value is -2.58. The highest BCUT2D eigenvalue weighted by Crippen LogP contribution is 2.29. The summed E-state index contributed by atoms with van der Waals surface area (Å²) in [5.41, 5.74) is 2.44. The van der Waals surface area contributed by atoms with Crippen LogP contribution in [0.15, 0.2) is 30.3 Å². The van der Waals surface area contributed by atoms with E-state index >= 15 is 0 Å². The Morgan fingerprint density at radius 2 is 2.03 bits per heavy atom. The molecule has 1 amide bonds. The first-order valence-corrected chi connectivity index (χ1v) is 10.7. The SMILES string of the molecule is Cc1nc(C)n(C[C@H](C)C(=O)Nc2nc3c(s2)CN(Cc2ccccc2)CC3)n1. The molecule has 4 rings (SSSR count). The van der Waals surface area contributed by atoms with Crippen LogP contribution >= 0.6 is 11.3 Å². The first-order chi connectivity index (χ1) is 14.0. The maximum absolute atomic E-state index is 12.6. The van der Waals surface area contributed by atoms with Crippen LogP contribution in [0.1, 0.15) is 34.7 Å². The zero-order valence-electron chi connectivity index (χ0n) is 17.1. The van der Waals surface area contributed by atoms with Crippen molar-refractivity contribution in [3.05, 3.63) is 58.1 Å². The van der Waals surface area contributed by atoms with Gasteiger partial charge in [0, 0.05) is 30.9 Å². The second-order valence-electron chi connectivity index (χ2n) is 7.61. The number of thiazole rings is 1. The molecule has 0 aliphatic carbocycles. The van der Waals surface area contributed by atoms with Gasteiger partial charge in [-0.15, -0.1) is 11.3 Å². The van der Waals surface area contributed by atoms with Crippen molar-refractivity contribution < 1.29 is 4.79 Å². The molecule has 152 valence electrons. The van der Waals surface area contributed by atoms with E-state index in [0.717, 1.165) is 43.4 Å². The zero-order chi connectivity index (χ0) is 20.4. The van der Waals surface area contributed by atoms with Crippen LogP contribution in [-0.2, 0) is 30.8 Å². The molecule has 0 saturated heterocycles. The maximum atomic E-state index is 12.6. The van der Waals surface area contributed by atoms with Gasteiger partial charge in [-0.1, -0.05) is 37.3 Å². The van der Waals surface area contributed by atoms with Crippen molar-refractivity contribution in [2.45, 2.75) is 46.8 Å². The number of hydrogen-bond donors (Lipinski definition) is 1. The third-order valence-electron chi connectivity index (χ3n) is 5.15. The lowest BCUT2D eigenvalue weighted by Gasteiger charge is -2.25. The minimum absolute atomic E-state index is 0.0372. The molecular formula is C21H26N6OS. The minimum Gasteiger partial charge on any atom is -0.302 e. The van der Waals surface area contributed by atoms with Crippen LogP contribution in [0.3, 0.4) is 0 Å². The summed E-state index contributed by atoms with van der Waals surface area (Å²) in [7, 11) is 0. The Labute approximate surface area is 174 Å². The van der Waals surface area contributed by atoms with E-state index in [0.29, 0.717) is 11.7 Å². The van der Waals surface area contributed by atoms with Gasteiger partial charge in [0.1, 0.15) is 11.6 Å². The zero-order valence-corrected chi connectivity index (χ0v) is 17.9. The van der Waals surface area contributed by atoms with E-state index in [9.17, 15) is 4.79 Å². The normalized spacial score (nSPS) is 15.1. The van der Waals surface area contributed by atoms with E-state index in [-0.39, 0.29) is 11.8 Å². The van der Waals surface area contributed by atoms with Crippen LogP contribution in [0.25, 0.3) is 0 Å². The number of aryl methyl sites for hydroxylation is 2. The fourth-order valence-electron chi connectivity index (χ4n) is 3.58. The number of amides is 1. The molecule has 29 heavy (non-hydrogen) atoms. The molecule has 1 N–H and O–H groups in total. The largest absolute Gasteiger partial charge is 0.302 e. The van der Waals surface area contributed by atoms with Crippen molar-refractivity contribution in [1.29, 1.82) is 0 Å². The molecule has 1 aliphatic heterocycles. The fraction of sp³-hybridized carbons (Fsp3) is 0.429. The summed E-state index contributed by atoms with van der Waals surface area (Å²) >= 11 is 1.59. The number of hydrogen-bond acceptors (Lipinski definition) is 6. The Morgan fingerprint density at radius 3 is 2.76 bits per heavy atom. The van der Waals surface area contributed by atoms with Gasteiger partial charge in [-0.25, -0.2) is 14.6 Å². The van der Waals surface area contributed by atoms with Crippen LogP contribution in [0, 0.1) is 19.8 Å². The summed E-state index contributed by atoms with van der Waals surface area (Å²) in [5.74, 6) is 1.29. The predicted octanol–water partition coefficient (Wildman–Crippen LogP) is 3.18. The standard InChI is InChI=1S/C21H26N6OS/c1-14(11-27-16(3)22-15(2)25-27)20(28)24-21-23-18-9-10-26(13-19(18)29-21)12-17-7-5-4-6-8-17/h4-8,14H,9-13H2,1-3H3,(H,23,24,28)/t14-/m0/s1. The first kappa shape index (κ1) is 19.7. The number of rotatable bonds is 6. The topological polar surface area (TPSA) is 75.9 Å². The molecule has 0 radical (unpaired) electrons. The van der Waals surface area contributed by atoms with E-state index in [4.69, 9.17) is 0 Å². The van der Waals surface area contributed by atoms with Crippen LogP contribution < -0.4 is 5.32 Å². The highest BCUT2D eigenvalue weighted by atomic mass is 32.1. The lowest BCUT2D eigenvalue weighted by atomic mass is 10.1. The van der Waals surface area contributed by atoms with Crippen molar-refractivity contribution in [3.63, 3.8) is 0 Å². The van der Waals surface area contributed by atoms with E-state index in [1.54, 1.807) is 16.0 Å². The summed E-state index contributed by atoms with van der Waals surface area (Å²) < 4.78 is 1.79. The van der Waals surface area contributed by atoms with Gasteiger partial charge in [0.2, 0.25) is 5.91 Å². The van der Waals surface area contributed by atoms with Crippen molar-refractivity contribution in [1.82, 2.24) is 24.6 Å². The van der Waals surface area contributed by atoms with Gasteiger partial charge < -0.3 is 5.32 Å². The van der Waals surface area contributed by atoms with Gasteiger partial charge >= 0.3 is 0 Å². The smallest absolute Gasteiger partial charge is 0.230 e. The molecule has 0 spiro atoms. The van der Waals surface area contributed by atoms with Crippen LogP contribution in [-0.4, -0.2) is 37.1 Å². The molecular weight excluding hydrogens is 384 g/mol. The van der Waals surface area contributed by atoms with Crippen LogP contribution in [0.2, 0.25) is 0 Å². The van der Waals surface area contributed by atoms with Gasteiger partial charge in [-0.3, -0.25) is 9.69 Å². The molecule has 0 unspecified atom stereocenters. The Bertz CT molecular complexity index is 996. The molecule has 0 fully saturated rings. The van der Waals surface area contributed by atoms with Crippen molar-refractivity contribution in [2.75, 3.05) is 11.9 Å². The molecule has 8 heteroatoms. The summed E-state index contributed by atoms with van der Waals surface area (Å²) in [6.45, 7) is 8.98. The first-order valence-electron chi connectivity index (χ1n) is 9.91. The molecule has 2 aromatic heterocycles. The number of anilines is 1. The van der Waals surface area contributed by atoms with Gasteiger partial charge in [-0.2, -0.15) is 5.10 Å². The quantitative estimate of drug-likeness (QED) is 0.675. The monoisotopic (exact) mass is 410 g/mol. The van der Waals surface area contributed by atoms with Gasteiger partial charge in [0.25, 0.3) is 0 Å². The fourth-order valence-corrected chi connectivity index (χ4v) is 4.64. The lowest BCUT2D eigenvalue weighted by Crippen LogP contribution is -2.29. The van der Waals surface area contributed by atoms with E-state index in [2.05, 4.69) is 49.5 Å². The summed E-state index contributed by atoms with van der Waals surface area (Å²) in [5, 5.41) is 8.04. The maximum Gasteiger partial charge on any atom is 0.230 e. The molecule has 3 aromatic rings. The van der Waals surface area contributed by atoms with E-state index < -0.39 is 0 Å². The highest BCUT2D eigenvalue weighted by molar-refractivity contribution is 7.15. The van der Waals surface area contributed by atoms with E-state index in [1.807, 2.05) is 26.8 Å². The summed E-state index contributed by atoms with van der Waals surface area (Å²) in [6.07, 6.45) is 0.918. The van der Waals surface area contributed by atoms with Gasteiger partial charge in [-0.05, 0) is 19.4 Å². The molecule has 1 aromatic carbocycles. The second kappa shape index (κ2) is 8.42. The number of nitrogens with one attached hydrogen (secondary N) is 1. The Balaban J connectivity index is 1.36. The molecule has 1 aliphatic rings. The summed E-state index contributed by atoms with van der Waals surface area (Å²) in [4.78, 5) is 25.3. The Kier molecular flexibility index (Phi) is 5.73. The molecule has 0 saturated carbocycles. The second-order valence-corrected chi connectivity index (χ2v) is 8.70. The average Bonchev–Trinajstić information content (AvgIpc) is 3.23. The number of nitrogens with zero attached hydrogens (tertiary/aromatic N) is 5. The molecule has 1 atom stereocenters. The van der Waals surface area contributed by atoms with Crippen LogP contribution in [0.5, 0.6) is 0 Å². The van der Waals surface area contributed by atoms with Crippen molar-refractivity contribution >= 4 is 22.4 Å².